The van der Waals surface area contributed by atoms with E-state index in [0.717, 1.165) is 5.56 Å². The Labute approximate surface area is 158 Å². The number of benzene rings is 3. The first-order valence-electron chi connectivity index (χ1n) is 8.50. The zero-order valence-corrected chi connectivity index (χ0v) is 15.3. The van der Waals surface area contributed by atoms with Gasteiger partial charge in [0.15, 0.2) is 11.5 Å². The van der Waals surface area contributed by atoms with Gasteiger partial charge < -0.3 is 19.5 Å². The number of rotatable bonds is 7. The number of amides is 1. The molecule has 27 heavy (non-hydrogen) atoms. The molecule has 0 saturated heterocycles. The predicted octanol–water partition coefficient (Wildman–Crippen LogP) is 4.54. The zero-order chi connectivity index (χ0) is 19.1. The zero-order valence-electron chi connectivity index (χ0n) is 15.3. The van der Waals surface area contributed by atoms with Crippen molar-refractivity contribution in [2.75, 3.05) is 19.5 Å². The number of ether oxygens (including phenoxy) is 3. The van der Waals surface area contributed by atoms with Crippen LogP contribution >= 0.6 is 0 Å². The van der Waals surface area contributed by atoms with E-state index in [1.54, 1.807) is 44.6 Å². The van der Waals surface area contributed by atoms with Crippen LogP contribution in [-0.4, -0.2) is 20.1 Å². The molecular formula is C22H21NO4. The van der Waals surface area contributed by atoms with E-state index in [-0.39, 0.29) is 5.91 Å². The second kappa shape index (κ2) is 8.76. The second-order valence-electron chi connectivity index (χ2n) is 5.79. The number of hydrogen-bond acceptors (Lipinski definition) is 4. The first kappa shape index (κ1) is 18.3. The van der Waals surface area contributed by atoms with E-state index in [2.05, 4.69) is 5.32 Å². The Bertz CT molecular complexity index is 909. The molecule has 0 aliphatic rings. The van der Waals surface area contributed by atoms with Gasteiger partial charge in [0.05, 0.1) is 19.9 Å². The molecule has 3 aromatic rings. The van der Waals surface area contributed by atoms with E-state index >= 15 is 0 Å². The average Bonchev–Trinajstić information content (AvgIpc) is 2.73. The van der Waals surface area contributed by atoms with Gasteiger partial charge in [0, 0.05) is 5.56 Å². The van der Waals surface area contributed by atoms with Crippen molar-refractivity contribution >= 4 is 11.6 Å². The molecule has 0 bridgehead atoms. The third kappa shape index (κ3) is 4.58. The number of nitrogens with one attached hydrogen (secondary N) is 1. The summed E-state index contributed by atoms with van der Waals surface area (Å²) in [7, 11) is 3.11. The fraction of sp³-hybridized carbons (Fsp3) is 0.136. The van der Waals surface area contributed by atoms with Crippen molar-refractivity contribution in [2.24, 2.45) is 0 Å². The molecule has 0 aromatic heterocycles. The van der Waals surface area contributed by atoms with Crippen LogP contribution < -0.4 is 19.5 Å². The molecule has 0 radical (unpaired) electrons. The van der Waals surface area contributed by atoms with Crippen LogP contribution in [0.2, 0.25) is 0 Å². The molecule has 0 spiro atoms. The van der Waals surface area contributed by atoms with Gasteiger partial charge in [0.25, 0.3) is 5.91 Å². The highest BCUT2D eigenvalue weighted by Crippen LogP contribution is 2.30. The van der Waals surface area contributed by atoms with E-state index < -0.39 is 0 Å². The van der Waals surface area contributed by atoms with Gasteiger partial charge in [-0.15, -0.1) is 0 Å². The normalized spacial score (nSPS) is 10.1. The van der Waals surface area contributed by atoms with Crippen molar-refractivity contribution < 1.29 is 19.0 Å². The monoisotopic (exact) mass is 363 g/mol. The number of anilines is 1. The minimum atomic E-state index is -0.257. The van der Waals surface area contributed by atoms with Gasteiger partial charge >= 0.3 is 0 Å². The Hall–Kier alpha value is -3.47. The minimum absolute atomic E-state index is 0.257. The summed E-state index contributed by atoms with van der Waals surface area (Å²) in [6.07, 6.45) is 0. The van der Waals surface area contributed by atoms with Crippen molar-refractivity contribution in [1.82, 2.24) is 0 Å². The van der Waals surface area contributed by atoms with Crippen LogP contribution in [-0.2, 0) is 6.61 Å². The molecular weight excluding hydrogens is 342 g/mol. The molecule has 0 fully saturated rings. The fourth-order valence-electron chi connectivity index (χ4n) is 2.61. The van der Waals surface area contributed by atoms with Crippen molar-refractivity contribution in [1.29, 1.82) is 0 Å². The summed E-state index contributed by atoms with van der Waals surface area (Å²) in [6, 6.07) is 22.2. The van der Waals surface area contributed by atoms with Gasteiger partial charge in [-0.25, -0.2) is 0 Å². The lowest BCUT2D eigenvalue weighted by molar-refractivity contribution is 0.102. The largest absolute Gasteiger partial charge is 0.495 e. The molecule has 0 atom stereocenters. The van der Waals surface area contributed by atoms with Gasteiger partial charge in [-0.05, 0) is 35.9 Å². The lowest BCUT2D eigenvalue weighted by atomic mass is 10.1. The summed E-state index contributed by atoms with van der Waals surface area (Å²) >= 11 is 0. The molecule has 0 aliphatic heterocycles. The number of carbonyl (C=O) groups excluding carboxylic acids is 1. The van der Waals surface area contributed by atoms with Gasteiger partial charge in [-0.2, -0.15) is 0 Å². The molecule has 0 aliphatic carbocycles. The maximum atomic E-state index is 12.6. The summed E-state index contributed by atoms with van der Waals surface area (Å²) in [4.78, 5) is 12.6. The molecule has 1 N–H and O–H groups in total. The lowest BCUT2D eigenvalue weighted by Gasteiger charge is -2.13. The quantitative estimate of drug-likeness (QED) is 0.670. The highest BCUT2D eigenvalue weighted by molar-refractivity contribution is 6.05. The van der Waals surface area contributed by atoms with Crippen LogP contribution in [0.5, 0.6) is 17.2 Å². The maximum Gasteiger partial charge on any atom is 0.255 e. The third-order valence-corrected chi connectivity index (χ3v) is 4.02. The van der Waals surface area contributed by atoms with E-state index in [4.69, 9.17) is 14.2 Å². The molecule has 0 heterocycles. The van der Waals surface area contributed by atoms with Crippen LogP contribution in [0.3, 0.4) is 0 Å². The minimum Gasteiger partial charge on any atom is -0.495 e. The fourth-order valence-corrected chi connectivity index (χ4v) is 2.61. The topological polar surface area (TPSA) is 56.8 Å². The van der Waals surface area contributed by atoms with Crippen molar-refractivity contribution in [2.45, 2.75) is 6.61 Å². The Balaban J connectivity index is 1.74. The number of carbonyl (C=O) groups is 1. The van der Waals surface area contributed by atoms with E-state index in [0.29, 0.717) is 35.1 Å². The van der Waals surface area contributed by atoms with Crippen molar-refractivity contribution in [3.63, 3.8) is 0 Å². The highest BCUT2D eigenvalue weighted by Gasteiger charge is 2.13. The molecule has 5 nitrogen and oxygen atoms in total. The first-order chi connectivity index (χ1) is 13.2. The Morgan fingerprint density at radius 2 is 1.52 bits per heavy atom. The van der Waals surface area contributed by atoms with Gasteiger partial charge in [0.1, 0.15) is 12.4 Å². The third-order valence-electron chi connectivity index (χ3n) is 4.02. The molecule has 138 valence electrons. The molecule has 1 amide bonds. The second-order valence-corrected chi connectivity index (χ2v) is 5.79. The van der Waals surface area contributed by atoms with Crippen LogP contribution in [0.4, 0.5) is 5.69 Å². The van der Waals surface area contributed by atoms with Crippen molar-refractivity contribution in [3.05, 3.63) is 83.9 Å². The summed E-state index contributed by atoms with van der Waals surface area (Å²) in [5, 5.41) is 2.85. The first-order valence-corrected chi connectivity index (χ1v) is 8.50. The number of methoxy groups -OCH3 is 2. The summed E-state index contributed by atoms with van der Waals surface area (Å²) < 4.78 is 16.5. The molecule has 5 heteroatoms. The van der Waals surface area contributed by atoms with Crippen LogP contribution in [0.15, 0.2) is 72.8 Å². The Morgan fingerprint density at radius 1 is 0.815 bits per heavy atom. The predicted molar refractivity (Wildman–Crippen MR) is 105 cm³/mol. The average molecular weight is 363 g/mol. The van der Waals surface area contributed by atoms with E-state index in [1.807, 2.05) is 42.5 Å². The lowest BCUT2D eigenvalue weighted by Crippen LogP contribution is -2.13. The summed E-state index contributed by atoms with van der Waals surface area (Å²) in [5.41, 5.74) is 2.12. The summed E-state index contributed by atoms with van der Waals surface area (Å²) in [6.45, 7) is 0.421. The summed E-state index contributed by atoms with van der Waals surface area (Å²) in [5.74, 6) is 1.42. The highest BCUT2D eigenvalue weighted by atomic mass is 16.5. The van der Waals surface area contributed by atoms with Crippen LogP contribution in [0.25, 0.3) is 0 Å². The SMILES string of the molecule is COc1ccccc1NC(=O)c1ccc(OCc2ccccc2)c(OC)c1. The Morgan fingerprint density at radius 3 is 2.26 bits per heavy atom. The standard InChI is InChI=1S/C22H21NO4/c1-25-19-11-7-6-10-18(19)23-22(24)17-12-13-20(21(14-17)26-2)27-15-16-8-4-3-5-9-16/h3-14H,15H2,1-2H3,(H,23,24). The smallest absolute Gasteiger partial charge is 0.255 e. The van der Waals surface area contributed by atoms with E-state index in [9.17, 15) is 4.79 Å². The van der Waals surface area contributed by atoms with E-state index in [1.165, 1.54) is 0 Å². The number of para-hydroxylation sites is 2. The van der Waals surface area contributed by atoms with Crippen LogP contribution in [0, 0.1) is 0 Å². The van der Waals surface area contributed by atoms with Crippen molar-refractivity contribution in [3.8, 4) is 17.2 Å². The molecule has 3 aromatic carbocycles. The van der Waals surface area contributed by atoms with Gasteiger partial charge in [0.2, 0.25) is 0 Å². The Kier molecular flexibility index (Phi) is 5.94. The van der Waals surface area contributed by atoms with Gasteiger partial charge in [-0.3, -0.25) is 4.79 Å². The number of hydrogen-bond donors (Lipinski definition) is 1. The van der Waals surface area contributed by atoms with Gasteiger partial charge in [-0.1, -0.05) is 42.5 Å². The maximum absolute atomic E-state index is 12.6. The molecule has 3 rings (SSSR count). The molecule has 0 unspecified atom stereocenters. The molecule has 0 saturated carbocycles. The van der Waals surface area contributed by atoms with Crippen LogP contribution in [0.1, 0.15) is 15.9 Å².